The van der Waals surface area contributed by atoms with Crippen molar-refractivity contribution < 1.29 is 23.8 Å². The lowest BCUT2D eigenvalue weighted by Crippen LogP contribution is -2.33. The number of amides is 2. The molecule has 0 aliphatic heterocycles. The molecule has 2 amide bonds. The van der Waals surface area contributed by atoms with Gasteiger partial charge in [-0.15, -0.1) is 0 Å². The Hall–Kier alpha value is -3.48. The number of hydrogen-bond acceptors (Lipinski definition) is 5. The highest BCUT2D eigenvalue weighted by Gasteiger charge is 2.13. The van der Waals surface area contributed by atoms with Crippen LogP contribution < -0.4 is 19.5 Å². The number of methoxy groups -OCH3 is 3. The molecule has 0 aliphatic rings. The topological polar surface area (TPSA) is 77.1 Å². The van der Waals surface area contributed by atoms with Gasteiger partial charge in [0.25, 0.3) is 0 Å². The predicted molar refractivity (Wildman–Crippen MR) is 108 cm³/mol. The molecule has 2 rings (SSSR count). The second-order valence-electron chi connectivity index (χ2n) is 5.92. The molecule has 1 N–H and O–H groups in total. The molecule has 0 bridgehead atoms. The van der Waals surface area contributed by atoms with Crippen molar-refractivity contribution in [2.45, 2.75) is 0 Å². The summed E-state index contributed by atoms with van der Waals surface area (Å²) in [7, 11) is 6.19. The first-order valence-corrected chi connectivity index (χ1v) is 8.56. The Kier molecular flexibility index (Phi) is 7.45. The van der Waals surface area contributed by atoms with Gasteiger partial charge in [-0.1, -0.05) is 12.1 Å². The molecule has 7 heteroatoms. The normalized spacial score (nSPS) is 10.4. The van der Waals surface area contributed by atoms with E-state index >= 15 is 0 Å². The summed E-state index contributed by atoms with van der Waals surface area (Å²) in [5, 5.41) is 2.73. The minimum atomic E-state index is -0.339. The first-order valence-electron chi connectivity index (χ1n) is 8.56. The lowest BCUT2D eigenvalue weighted by Gasteiger charge is -2.16. The first kappa shape index (κ1) is 20.8. The van der Waals surface area contributed by atoms with Gasteiger partial charge >= 0.3 is 0 Å². The summed E-state index contributed by atoms with van der Waals surface area (Å²) in [6.07, 6.45) is 3.09. The van der Waals surface area contributed by atoms with Crippen LogP contribution in [0.25, 0.3) is 6.08 Å². The highest BCUT2D eigenvalue weighted by molar-refractivity contribution is 5.98. The largest absolute Gasteiger partial charge is 0.497 e. The highest BCUT2D eigenvalue weighted by atomic mass is 16.5. The monoisotopic (exact) mass is 384 g/mol. The summed E-state index contributed by atoms with van der Waals surface area (Å²) >= 11 is 0. The molecular formula is C21H24N2O5. The van der Waals surface area contributed by atoms with Gasteiger partial charge in [0, 0.05) is 19.2 Å². The summed E-state index contributed by atoms with van der Waals surface area (Å²) in [6, 6.07) is 12.4. The smallest absolute Gasteiger partial charge is 0.246 e. The van der Waals surface area contributed by atoms with Crippen LogP contribution in [0.2, 0.25) is 0 Å². The molecule has 2 aromatic carbocycles. The number of nitrogens with zero attached hydrogens (tertiary/aromatic N) is 1. The zero-order chi connectivity index (χ0) is 20.5. The van der Waals surface area contributed by atoms with Gasteiger partial charge in [-0.3, -0.25) is 9.59 Å². The Balaban J connectivity index is 1.96. The van der Waals surface area contributed by atoms with Crippen molar-refractivity contribution in [1.82, 2.24) is 4.90 Å². The Morgan fingerprint density at radius 1 is 1.00 bits per heavy atom. The van der Waals surface area contributed by atoms with Crippen LogP contribution in [0.5, 0.6) is 17.2 Å². The SMILES string of the molecule is COc1cccc(/C=C/C(=O)N(C)CC(=O)Nc2ccc(OC)cc2OC)c1. The maximum atomic E-state index is 12.3. The highest BCUT2D eigenvalue weighted by Crippen LogP contribution is 2.28. The second-order valence-corrected chi connectivity index (χ2v) is 5.92. The zero-order valence-electron chi connectivity index (χ0n) is 16.4. The third kappa shape index (κ3) is 5.77. The molecule has 0 heterocycles. The van der Waals surface area contributed by atoms with E-state index < -0.39 is 0 Å². The zero-order valence-corrected chi connectivity index (χ0v) is 16.4. The van der Waals surface area contributed by atoms with Gasteiger partial charge in [-0.2, -0.15) is 0 Å². The molecule has 28 heavy (non-hydrogen) atoms. The number of carbonyl (C=O) groups excluding carboxylic acids is 2. The van der Waals surface area contributed by atoms with Crippen LogP contribution in [0, 0.1) is 0 Å². The van der Waals surface area contributed by atoms with E-state index in [1.807, 2.05) is 24.3 Å². The Morgan fingerprint density at radius 3 is 2.39 bits per heavy atom. The third-order valence-electron chi connectivity index (χ3n) is 3.95. The number of hydrogen-bond donors (Lipinski definition) is 1. The molecular weight excluding hydrogens is 360 g/mol. The summed E-state index contributed by atoms with van der Waals surface area (Å²) in [5.41, 5.74) is 1.33. The summed E-state index contributed by atoms with van der Waals surface area (Å²) < 4.78 is 15.5. The average Bonchev–Trinajstić information content (AvgIpc) is 2.72. The molecule has 0 radical (unpaired) electrons. The number of anilines is 1. The predicted octanol–water partition coefficient (Wildman–Crippen LogP) is 2.82. The number of carbonyl (C=O) groups is 2. The van der Waals surface area contributed by atoms with Crippen LogP contribution >= 0.6 is 0 Å². The van der Waals surface area contributed by atoms with Crippen LogP contribution in [0.3, 0.4) is 0 Å². The van der Waals surface area contributed by atoms with Gasteiger partial charge in [0.2, 0.25) is 11.8 Å². The van der Waals surface area contributed by atoms with Crippen molar-refractivity contribution in [2.75, 3.05) is 40.2 Å². The number of nitrogens with one attached hydrogen (secondary N) is 1. The van der Waals surface area contributed by atoms with Crippen LogP contribution in [-0.4, -0.2) is 51.6 Å². The van der Waals surface area contributed by atoms with Crippen molar-refractivity contribution in [2.24, 2.45) is 0 Å². The Morgan fingerprint density at radius 2 is 1.71 bits per heavy atom. The minimum Gasteiger partial charge on any atom is -0.497 e. The minimum absolute atomic E-state index is 0.101. The Bertz CT molecular complexity index is 864. The third-order valence-corrected chi connectivity index (χ3v) is 3.95. The van der Waals surface area contributed by atoms with Crippen molar-refractivity contribution >= 4 is 23.6 Å². The molecule has 148 valence electrons. The lowest BCUT2D eigenvalue weighted by atomic mass is 10.2. The van der Waals surface area contributed by atoms with Gasteiger partial charge in [0.1, 0.15) is 17.2 Å². The van der Waals surface area contributed by atoms with Crippen molar-refractivity contribution in [3.63, 3.8) is 0 Å². The van der Waals surface area contributed by atoms with Crippen LogP contribution in [0.4, 0.5) is 5.69 Å². The van der Waals surface area contributed by atoms with E-state index in [4.69, 9.17) is 14.2 Å². The van der Waals surface area contributed by atoms with Gasteiger partial charge < -0.3 is 24.4 Å². The molecule has 0 aromatic heterocycles. The summed E-state index contributed by atoms with van der Waals surface area (Å²) in [5.74, 6) is 1.16. The summed E-state index contributed by atoms with van der Waals surface area (Å²) in [6.45, 7) is -0.101. The van der Waals surface area contributed by atoms with Crippen molar-refractivity contribution in [1.29, 1.82) is 0 Å². The number of benzene rings is 2. The van der Waals surface area contributed by atoms with Gasteiger partial charge in [-0.25, -0.2) is 0 Å². The maximum absolute atomic E-state index is 12.3. The van der Waals surface area contributed by atoms with Gasteiger partial charge in [0.15, 0.2) is 0 Å². The molecule has 2 aromatic rings. The van der Waals surface area contributed by atoms with E-state index in [9.17, 15) is 9.59 Å². The fourth-order valence-electron chi connectivity index (χ4n) is 2.42. The number of rotatable bonds is 8. The van der Waals surface area contributed by atoms with E-state index in [-0.39, 0.29) is 18.4 Å². The van der Waals surface area contributed by atoms with E-state index in [0.29, 0.717) is 22.9 Å². The second kappa shape index (κ2) is 10.0. The standard InChI is InChI=1S/C21H24N2O5/c1-23(21(25)11-8-15-6-5-7-16(12-15)26-2)14-20(24)22-18-10-9-17(27-3)13-19(18)28-4/h5-13H,14H2,1-4H3,(H,22,24)/b11-8+. The molecule has 0 unspecified atom stereocenters. The van der Waals surface area contributed by atoms with E-state index in [2.05, 4.69) is 5.32 Å². The molecule has 0 fully saturated rings. The molecule has 0 spiro atoms. The molecule has 0 saturated carbocycles. The van der Waals surface area contributed by atoms with Crippen molar-refractivity contribution in [3.8, 4) is 17.2 Å². The van der Waals surface area contributed by atoms with Crippen LogP contribution in [0.15, 0.2) is 48.5 Å². The molecule has 0 aliphatic carbocycles. The summed E-state index contributed by atoms with van der Waals surface area (Å²) in [4.78, 5) is 25.8. The Labute approximate surface area is 164 Å². The fraction of sp³-hybridized carbons (Fsp3) is 0.238. The maximum Gasteiger partial charge on any atom is 0.246 e. The quantitative estimate of drug-likeness (QED) is 0.708. The van der Waals surface area contributed by atoms with E-state index in [0.717, 1.165) is 5.56 Å². The van der Waals surface area contributed by atoms with Crippen molar-refractivity contribution in [3.05, 3.63) is 54.1 Å². The first-order chi connectivity index (χ1) is 13.5. The molecule has 7 nitrogen and oxygen atoms in total. The lowest BCUT2D eigenvalue weighted by molar-refractivity contribution is -0.129. The van der Waals surface area contributed by atoms with Gasteiger partial charge in [-0.05, 0) is 35.9 Å². The molecule has 0 atom stereocenters. The number of likely N-dealkylation sites (N-methyl/N-ethyl adjacent to an activating group) is 1. The van der Waals surface area contributed by atoms with Crippen LogP contribution in [-0.2, 0) is 9.59 Å². The average molecular weight is 384 g/mol. The number of ether oxygens (including phenoxy) is 3. The van der Waals surface area contributed by atoms with E-state index in [1.54, 1.807) is 45.5 Å². The van der Waals surface area contributed by atoms with Crippen LogP contribution in [0.1, 0.15) is 5.56 Å². The molecule has 0 saturated heterocycles. The van der Waals surface area contributed by atoms with E-state index in [1.165, 1.54) is 18.1 Å². The van der Waals surface area contributed by atoms with Gasteiger partial charge in [0.05, 0.1) is 33.6 Å². The fourth-order valence-corrected chi connectivity index (χ4v) is 2.42.